The molecule has 0 saturated heterocycles. The fourth-order valence-electron chi connectivity index (χ4n) is 3.54. The molecule has 3 aromatic carbocycles. The van der Waals surface area contributed by atoms with Crippen LogP contribution in [0.5, 0.6) is 11.5 Å². The van der Waals surface area contributed by atoms with E-state index in [0.717, 1.165) is 0 Å². The topological polar surface area (TPSA) is 191 Å². The van der Waals surface area contributed by atoms with Crippen molar-refractivity contribution in [1.82, 2.24) is 16.0 Å². The Morgan fingerprint density at radius 3 is 2.21 bits per heavy atom. The molecule has 0 aliphatic carbocycles. The number of aliphatic carboxylic acids is 1. The van der Waals surface area contributed by atoms with Gasteiger partial charge in [-0.1, -0.05) is 35.9 Å². The summed E-state index contributed by atoms with van der Waals surface area (Å²) in [6.07, 6.45) is 0.152. The van der Waals surface area contributed by atoms with E-state index in [1.807, 2.05) is 0 Å². The number of nitrogens with one attached hydrogen (secondary N) is 3. The fourth-order valence-corrected chi connectivity index (χ4v) is 3.81. The van der Waals surface area contributed by atoms with Gasteiger partial charge in [0.15, 0.2) is 0 Å². The summed E-state index contributed by atoms with van der Waals surface area (Å²) in [5.41, 5.74) is 7.37. The van der Waals surface area contributed by atoms with Crippen LogP contribution in [-0.2, 0) is 22.6 Å². The molecule has 0 bridgehead atoms. The first-order valence-electron chi connectivity index (χ1n) is 11.7. The van der Waals surface area contributed by atoms with Crippen molar-refractivity contribution in [3.8, 4) is 11.5 Å². The van der Waals surface area contributed by atoms with Crippen molar-refractivity contribution in [3.05, 3.63) is 94.0 Å². The fraction of sp³-hybridized carbons (Fsp3) is 0.185. The minimum absolute atomic E-state index is 0.0660. The van der Waals surface area contributed by atoms with Crippen LogP contribution in [0.15, 0.2) is 66.7 Å². The number of carboxylic acid groups (broad SMARTS) is 1. The van der Waals surface area contributed by atoms with Crippen LogP contribution in [0.25, 0.3) is 0 Å². The summed E-state index contributed by atoms with van der Waals surface area (Å²) >= 11 is 6.20. The molecule has 0 spiro atoms. The normalized spacial score (nSPS) is 12.2. The van der Waals surface area contributed by atoms with Crippen LogP contribution in [0.3, 0.4) is 0 Å². The van der Waals surface area contributed by atoms with E-state index >= 15 is 0 Å². The summed E-state index contributed by atoms with van der Waals surface area (Å²) in [6, 6.07) is 14.0. The van der Waals surface area contributed by atoms with Crippen molar-refractivity contribution >= 4 is 35.3 Å². The van der Waals surface area contributed by atoms with Crippen molar-refractivity contribution in [2.75, 3.05) is 6.54 Å². The summed E-state index contributed by atoms with van der Waals surface area (Å²) in [6.45, 7) is -0.284. The quantitative estimate of drug-likeness (QED) is 0.185. The van der Waals surface area contributed by atoms with Gasteiger partial charge in [0, 0.05) is 18.7 Å². The lowest BCUT2D eigenvalue weighted by Crippen LogP contribution is -2.51. The summed E-state index contributed by atoms with van der Waals surface area (Å²) in [4.78, 5) is 49.2. The molecule has 12 heteroatoms. The van der Waals surface area contributed by atoms with Gasteiger partial charge in [-0.15, -0.1) is 0 Å². The monoisotopic (exact) mass is 554 g/mol. The molecule has 204 valence electrons. The number of phenolic OH excluding ortho intramolecular Hbond substituents is 2. The number of phenols is 2. The van der Waals surface area contributed by atoms with Gasteiger partial charge in [0.05, 0.1) is 16.6 Å². The van der Waals surface area contributed by atoms with Gasteiger partial charge in [0.25, 0.3) is 11.8 Å². The molecule has 0 aromatic heterocycles. The number of benzene rings is 3. The Kier molecular flexibility index (Phi) is 9.85. The third kappa shape index (κ3) is 8.45. The van der Waals surface area contributed by atoms with Crippen molar-refractivity contribution in [2.24, 2.45) is 5.73 Å². The van der Waals surface area contributed by atoms with Gasteiger partial charge in [-0.2, -0.15) is 0 Å². The van der Waals surface area contributed by atoms with Gasteiger partial charge in [0.1, 0.15) is 17.5 Å². The lowest BCUT2D eigenvalue weighted by atomic mass is 10.1. The van der Waals surface area contributed by atoms with E-state index in [1.54, 1.807) is 24.3 Å². The van der Waals surface area contributed by atoms with Gasteiger partial charge < -0.3 is 37.0 Å². The van der Waals surface area contributed by atoms with Crippen LogP contribution < -0.4 is 21.7 Å². The number of hydrogen-bond donors (Lipinski definition) is 7. The van der Waals surface area contributed by atoms with E-state index in [1.165, 1.54) is 42.5 Å². The second-order valence-corrected chi connectivity index (χ2v) is 9.04. The van der Waals surface area contributed by atoms with Gasteiger partial charge in [0.2, 0.25) is 5.91 Å². The number of amides is 3. The first kappa shape index (κ1) is 29.0. The SMILES string of the molecule is N[C@H](Cc1ccc(O)cc1)C(=O)NC[C@H](NC(=O)c1ccc(C(=O)NCc2cccc(O)c2)cc1Cl)C(=O)O. The predicted octanol–water partition coefficient (Wildman–Crippen LogP) is 1.55. The largest absolute Gasteiger partial charge is 0.508 e. The minimum Gasteiger partial charge on any atom is -0.508 e. The molecule has 11 nitrogen and oxygen atoms in total. The van der Waals surface area contributed by atoms with E-state index in [-0.39, 0.29) is 40.6 Å². The zero-order valence-corrected chi connectivity index (χ0v) is 21.3. The Morgan fingerprint density at radius 2 is 1.56 bits per heavy atom. The molecule has 2 atom stereocenters. The maximum Gasteiger partial charge on any atom is 0.328 e. The Labute approximate surface area is 228 Å². The molecular formula is C27H27ClN4O7. The molecular weight excluding hydrogens is 528 g/mol. The number of hydrogen-bond acceptors (Lipinski definition) is 7. The van der Waals surface area contributed by atoms with Gasteiger partial charge in [-0.25, -0.2) is 4.79 Å². The molecule has 39 heavy (non-hydrogen) atoms. The standard InChI is InChI=1S/C27H27ClN4O7/c28-21-12-17(24(35)30-13-16-2-1-3-19(34)10-16)6-9-20(21)25(36)32-23(27(38)39)14-31-26(37)22(29)11-15-4-7-18(33)8-5-15/h1-10,12,22-23,33-34H,11,13-14,29H2,(H,30,35)(H,31,37)(H,32,36)(H,38,39)/t22-,23+/m1/s1. The number of carbonyl (C=O) groups is 4. The Hall–Kier alpha value is -4.61. The van der Waals surface area contributed by atoms with Crippen LogP contribution in [0.4, 0.5) is 0 Å². The molecule has 0 aliphatic rings. The van der Waals surface area contributed by atoms with E-state index in [0.29, 0.717) is 11.1 Å². The molecule has 8 N–H and O–H groups in total. The highest BCUT2D eigenvalue weighted by molar-refractivity contribution is 6.34. The number of aromatic hydroxyl groups is 2. The maximum atomic E-state index is 12.7. The molecule has 0 radical (unpaired) electrons. The van der Waals surface area contributed by atoms with Crippen molar-refractivity contribution in [2.45, 2.75) is 25.0 Å². The molecule has 3 rings (SSSR count). The lowest BCUT2D eigenvalue weighted by molar-refractivity contribution is -0.139. The average Bonchev–Trinajstić information content (AvgIpc) is 2.90. The molecule has 0 fully saturated rings. The lowest BCUT2D eigenvalue weighted by Gasteiger charge is -2.18. The number of halogens is 1. The van der Waals surface area contributed by atoms with Crippen LogP contribution in [0.2, 0.25) is 5.02 Å². The Morgan fingerprint density at radius 1 is 0.846 bits per heavy atom. The minimum atomic E-state index is -1.48. The summed E-state index contributed by atoms with van der Waals surface area (Å²) < 4.78 is 0. The second kappa shape index (κ2) is 13.3. The maximum absolute atomic E-state index is 12.7. The van der Waals surface area contributed by atoms with E-state index in [4.69, 9.17) is 17.3 Å². The second-order valence-electron chi connectivity index (χ2n) is 8.63. The average molecular weight is 555 g/mol. The summed E-state index contributed by atoms with van der Waals surface area (Å²) in [5, 5.41) is 35.7. The number of carbonyl (C=O) groups excluding carboxylic acids is 3. The first-order chi connectivity index (χ1) is 18.5. The summed E-state index contributed by atoms with van der Waals surface area (Å²) in [7, 11) is 0. The predicted molar refractivity (Wildman–Crippen MR) is 142 cm³/mol. The number of nitrogens with two attached hydrogens (primary N) is 1. The summed E-state index contributed by atoms with van der Waals surface area (Å²) in [5.74, 6) is -3.17. The van der Waals surface area contributed by atoms with Crippen molar-refractivity contribution in [3.63, 3.8) is 0 Å². The van der Waals surface area contributed by atoms with Crippen LogP contribution in [0.1, 0.15) is 31.8 Å². The molecule has 3 aromatic rings. The van der Waals surface area contributed by atoms with Gasteiger partial charge in [-0.05, 0) is 60.0 Å². The van der Waals surface area contributed by atoms with Crippen LogP contribution in [-0.4, -0.2) is 57.6 Å². The third-order valence-corrected chi connectivity index (χ3v) is 5.96. The molecule has 0 saturated carbocycles. The number of rotatable bonds is 11. The first-order valence-corrected chi connectivity index (χ1v) is 12.1. The zero-order chi connectivity index (χ0) is 28.5. The molecule has 0 unspecified atom stereocenters. The van der Waals surface area contributed by atoms with Crippen molar-refractivity contribution in [1.29, 1.82) is 0 Å². The number of carboxylic acids is 1. The Bertz CT molecular complexity index is 1360. The van der Waals surface area contributed by atoms with E-state index in [2.05, 4.69) is 16.0 Å². The molecule has 0 heterocycles. The van der Waals surface area contributed by atoms with Crippen molar-refractivity contribution < 1.29 is 34.5 Å². The highest BCUT2D eigenvalue weighted by atomic mass is 35.5. The van der Waals surface area contributed by atoms with E-state index in [9.17, 15) is 34.5 Å². The van der Waals surface area contributed by atoms with Gasteiger partial charge >= 0.3 is 5.97 Å². The van der Waals surface area contributed by atoms with Crippen LogP contribution in [0, 0.1) is 0 Å². The van der Waals surface area contributed by atoms with Crippen LogP contribution >= 0.6 is 11.6 Å². The van der Waals surface area contributed by atoms with E-state index < -0.39 is 42.3 Å². The molecule has 0 aliphatic heterocycles. The smallest absolute Gasteiger partial charge is 0.328 e. The highest BCUT2D eigenvalue weighted by Crippen LogP contribution is 2.19. The Balaban J connectivity index is 1.56. The van der Waals surface area contributed by atoms with Gasteiger partial charge in [-0.3, -0.25) is 14.4 Å². The third-order valence-electron chi connectivity index (χ3n) is 5.65. The molecule has 3 amide bonds. The zero-order valence-electron chi connectivity index (χ0n) is 20.6. The highest BCUT2D eigenvalue weighted by Gasteiger charge is 2.24.